The first kappa shape index (κ1) is 11.5. The second kappa shape index (κ2) is 5.39. The van der Waals surface area contributed by atoms with E-state index in [4.69, 9.17) is 0 Å². The molecule has 0 unspecified atom stereocenters. The molecule has 2 aromatic rings. The molecule has 0 aliphatic carbocycles. The maximum Gasteiger partial charge on any atom is 0.181 e. The number of hydrogen-bond acceptors (Lipinski definition) is 2. The maximum atomic E-state index is 13.3. The molecule has 2 rings (SSSR count). The smallest absolute Gasteiger partial charge is 0.181 e. The predicted molar refractivity (Wildman–Crippen MR) is 62.8 cm³/mol. The van der Waals surface area contributed by atoms with Crippen LogP contribution in [0.25, 0.3) is 0 Å². The van der Waals surface area contributed by atoms with Crippen LogP contribution in [0.3, 0.4) is 0 Å². The SMILES string of the molecule is Fc1cccc(NCCc2ccccn2)c1F. The zero-order valence-corrected chi connectivity index (χ0v) is 9.16. The van der Waals surface area contributed by atoms with Crippen molar-refractivity contribution in [3.8, 4) is 0 Å². The molecule has 1 aromatic heterocycles. The van der Waals surface area contributed by atoms with Gasteiger partial charge in [0, 0.05) is 24.9 Å². The molecular formula is C13H12F2N2. The fourth-order valence-corrected chi connectivity index (χ4v) is 1.51. The summed E-state index contributed by atoms with van der Waals surface area (Å²) in [7, 11) is 0. The molecule has 88 valence electrons. The lowest BCUT2D eigenvalue weighted by Gasteiger charge is -2.07. The van der Waals surface area contributed by atoms with Crippen LogP contribution in [0.4, 0.5) is 14.5 Å². The number of nitrogens with one attached hydrogen (secondary N) is 1. The second-order valence-electron chi connectivity index (χ2n) is 3.60. The largest absolute Gasteiger partial charge is 0.382 e. The molecule has 0 saturated carbocycles. The Morgan fingerprint density at radius 2 is 1.94 bits per heavy atom. The molecule has 0 aliphatic heterocycles. The van der Waals surface area contributed by atoms with Crippen LogP contribution in [-0.2, 0) is 6.42 Å². The Balaban J connectivity index is 1.93. The van der Waals surface area contributed by atoms with Crippen LogP contribution < -0.4 is 5.32 Å². The van der Waals surface area contributed by atoms with E-state index in [0.29, 0.717) is 13.0 Å². The number of pyridine rings is 1. The average Bonchev–Trinajstić information content (AvgIpc) is 2.36. The average molecular weight is 234 g/mol. The first-order valence-corrected chi connectivity index (χ1v) is 5.35. The van der Waals surface area contributed by atoms with Gasteiger partial charge in [-0.1, -0.05) is 12.1 Å². The minimum absolute atomic E-state index is 0.181. The van der Waals surface area contributed by atoms with E-state index in [1.165, 1.54) is 12.1 Å². The summed E-state index contributed by atoms with van der Waals surface area (Å²) in [4.78, 5) is 4.14. The summed E-state index contributed by atoms with van der Waals surface area (Å²) < 4.78 is 26.2. The molecule has 0 aliphatic rings. The Morgan fingerprint density at radius 3 is 2.71 bits per heavy atom. The summed E-state index contributed by atoms with van der Waals surface area (Å²) in [5.74, 6) is -1.68. The molecule has 1 aromatic carbocycles. The molecule has 17 heavy (non-hydrogen) atoms. The third-order valence-electron chi connectivity index (χ3n) is 2.37. The lowest BCUT2D eigenvalue weighted by atomic mass is 10.2. The lowest BCUT2D eigenvalue weighted by molar-refractivity contribution is 0.511. The standard InChI is InChI=1S/C13H12F2N2/c14-11-5-3-6-12(13(11)15)17-9-7-10-4-1-2-8-16-10/h1-6,8,17H,7,9H2. The van der Waals surface area contributed by atoms with Crippen LogP contribution in [0.15, 0.2) is 42.6 Å². The number of aromatic nitrogens is 1. The van der Waals surface area contributed by atoms with Crippen LogP contribution >= 0.6 is 0 Å². The van der Waals surface area contributed by atoms with Gasteiger partial charge >= 0.3 is 0 Å². The predicted octanol–water partition coefficient (Wildman–Crippen LogP) is 3.01. The number of anilines is 1. The van der Waals surface area contributed by atoms with Gasteiger partial charge in [0.15, 0.2) is 11.6 Å². The fourth-order valence-electron chi connectivity index (χ4n) is 1.51. The van der Waals surface area contributed by atoms with Gasteiger partial charge in [0.2, 0.25) is 0 Å². The number of nitrogens with zero attached hydrogens (tertiary/aromatic N) is 1. The van der Waals surface area contributed by atoms with E-state index >= 15 is 0 Å². The van der Waals surface area contributed by atoms with Crippen molar-refractivity contribution in [3.63, 3.8) is 0 Å². The van der Waals surface area contributed by atoms with Crippen molar-refractivity contribution >= 4 is 5.69 Å². The third-order valence-corrected chi connectivity index (χ3v) is 2.37. The van der Waals surface area contributed by atoms with Gasteiger partial charge in [-0.2, -0.15) is 0 Å². The number of benzene rings is 1. The first-order valence-electron chi connectivity index (χ1n) is 5.35. The van der Waals surface area contributed by atoms with Crippen LogP contribution in [-0.4, -0.2) is 11.5 Å². The molecule has 0 spiro atoms. The van der Waals surface area contributed by atoms with Gasteiger partial charge in [0.25, 0.3) is 0 Å². The zero-order valence-electron chi connectivity index (χ0n) is 9.16. The number of rotatable bonds is 4. The molecular weight excluding hydrogens is 222 g/mol. The van der Waals surface area contributed by atoms with Crippen LogP contribution in [0.2, 0.25) is 0 Å². The highest BCUT2D eigenvalue weighted by Crippen LogP contribution is 2.16. The highest BCUT2D eigenvalue weighted by molar-refractivity contribution is 5.44. The third kappa shape index (κ3) is 3.00. The molecule has 2 nitrogen and oxygen atoms in total. The van der Waals surface area contributed by atoms with Crippen LogP contribution in [0, 0.1) is 11.6 Å². The molecule has 0 bridgehead atoms. The van der Waals surface area contributed by atoms with Crippen molar-refractivity contribution in [2.24, 2.45) is 0 Å². The number of hydrogen-bond donors (Lipinski definition) is 1. The van der Waals surface area contributed by atoms with Crippen molar-refractivity contribution in [1.82, 2.24) is 4.98 Å². The van der Waals surface area contributed by atoms with Crippen molar-refractivity contribution in [3.05, 3.63) is 59.9 Å². The van der Waals surface area contributed by atoms with E-state index in [-0.39, 0.29) is 5.69 Å². The molecule has 1 N–H and O–H groups in total. The van der Waals surface area contributed by atoms with E-state index in [2.05, 4.69) is 10.3 Å². The molecule has 0 saturated heterocycles. The summed E-state index contributed by atoms with van der Waals surface area (Å²) in [6, 6.07) is 9.70. The summed E-state index contributed by atoms with van der Waals surface area (Å²) in [5, 5.41) is 2.85. The molecule has 1 heterocycles. The lowest BCUT2D eigenvalue weighted by Crippen LogP contribution is -2.07. The van der Waals surface area contributed by atoms with E-state index < -0.39 is 11.6 Å². The van der Waals surface area contributed by atoms with Gasteiger partial charge in [0.1, 0.15) is 0 Å². The molecule has 0 fully saturated rings. The maximum absolute atomic E-state index is 13.3. The van der Waals surface area contributed by atoms with Crippen LogP contribution in [0.5, 0.6) is 0 Å². The summed E-state index contributed by atoms with van der Waals surface area (Å²) in [6.45, 7) is 0.511. The van der Waals surface area contributed by atoms with Crippen LogP contribution in [0.1, 0.15) is 5.69 Å². The van der Waals surface area contributed by atoms with Gasteiger partial charge in [-0.3, -0.25) is 4.98 Å². The minimum atomic E-state index is -0.840. The normalized spacial score (nSPS) is 10.2. The van der Waals surface area contributed by atoms with E-state index in [9.17, 15) is 8.78 Å². The van der Waals surface area contributed by atoms with E-state index in [1.807, 2.05) is 18.2 Å². The molecule has 0 amide bonds. The van der Waals surface area contributed by atoms with Gasteiger partial charge in [0.05, 0.1) is 5.69 Å². The quantitative estimate of drug-likeness (QED) is 0.879. The Hall–Kier alpha value is -1.97. The second-order valence-corrected chi connectivity index (χ2v) is 3.60. The Kier molecular flexibility index (Phi) is 3.65. The van der Waals surface area contributed by atoms with Crippen molar-refractivity contribution in [1.29, 1.82) is 0 Å². The van der Waals surface area contributed by atoms with Gasteiger partial charge in [-0.25, -0.2) is 8.78 Å². The fraction of sp³-hybridized carbons (Fsp3) is 0.154. The topological polar surface area (TPSA) is 24.9 Å². The van der Waals surface area contributed by atoms with E-state index in [1.54, 1.807) is 6.20 Å². The van der Waals surface area contributed by atoms with Gasteiger partial charge < -0.3 is 5.32 Å². The number of halogens is 2. The minimum Gasteiger partial charge on any atom is -0.382 e. The van der Waals surface area contributed by atoms with Gasteiger partial charge in [-0.15, -0.1) is 0 Å². The summed E-state index contributed by atoms with van der Waals surface area (Å²) in [5.41, 5.74) is 1.10. The van der Waals surface area contributed by atoms with Crippen molar-refractivity contribution in [2.75, 3.05) is 11.9 Å². The summed E-state index contributed by atoms with van der Waals surface area (Å²) in [6.07, 6.45) is 2.37. The molecule has 0 radical (unpaired) electrons. The summed E-state index contributed by atoms with van der Waals surface area (Å²) >= 11 is 0. The highest BCUT2D eigenvalue weighted by Gasteiger charge is 2.06. The van der Waals surface area contributed by atoms with Crippen molar-refractivity contribution < 1.29 is 8.78 Å². The first-order chi connectivity index (χ1) is 8.27. The molecule has 4 heteroatoms. The Morgan fingerprint density at radius 1 is 1.06 bits per heavy atom. The Bertz CT molecular complexity index is 486. The van der Waals surface area contributed by atoms with Gasteiger partial charge in [-0.05, 0) is 24.3 Å². The molecule has 0 atom stereocenters. The monoisotopic (exact) mass is 234 g/mol. The Labute approximate surface area is 98.3 Å². The van der Waals surface area contributed by atoms with E-state index in [0.717, 1.165) is 11.8 Å². The van der Waals surface area contributed by atoms with Crippen molar-refractivity contribution in [2.45, 2.75) is 6.42 Å². The highest BCUT2D eigenvalue weighted by atomic mass is 19.2. The zero-order chi connectivity index (χ0) is 12.1.